The number of amides is 3. The number of aromatic hydroxyl groups is 1. The van der Waals surface area contributed by atoms with Crippen LogP contribution in [0, 0.1) is 0 Å². The maximum Gasteiger partial charge on any atom is 0.322 e. The van der Waals surface area contributed by atoms with E-state index in [9.17, 15) is 24.3 Å². The highest BCUT2D eigenvalue weighted by molar-refractivity contribution is 5.93. The third kappa shape index (κ3) is 8.62. The van der Waals surface area contributed by atoms with Crippen LogP contribution in [-0.4, -0.2) is 58.6 Å². The van der Waals surface area contributed by atoms with E-state index in [4.69, 9.17) is 10.8 Å². The van der Waals surface area contributed by atoms with Crippen molar-refractivity contribution in [1.82, 2.24) is 16.0 Å². The van der Waals surface area contributed by atoms with Crippen LogP contribution in [0.5, 0.6) is 5.75 Å². The van der Waals surface area contributed by atoms with E-state index in [2.05, 4.69) is 16.0 Å². The average molecular weight is 456 g/mol. The van der Waals surface area contributed by atoms with Gasteiger partial charge in [0.15, 0.2) is 0 Å². The highest BCUT2D eigenvalue weighted by Crippen LogP contribution is 2.11. The fraction of sp³-hybridized carbons (Fsp3) is 0.304. The van der Waals surface area contributed by atoms with Crippen molar-refractivity contribution < 1.29 is 29.4 Å². The van der Waals surface area contributed by atoms with E-state index in [0.29, 0.717) is 12.0 Å². The quantitative estimate of drug-likeness (QED) is 0.269. The molecule has 3 atom stereocenters. The van der Waals surface area contributed by atoms with Gasteiger partial charge in [-0.05, 0) is 36.6 Å². The molecular formula is C23H28N4O6. The summed E-state index contributed by atoms with van der Waals surface area (Å²) in [7, 11) is 0. The molecule has 0 aliphatic heterocycles. The molecule has 0 aliphatic rings. The normalized spacial score (nSPS) is 13.3. The number of hydrogen-bond acceptors (Lipinski definition) is 6. The Balaban J connectivity index is 2.00. The first-order valence-electron chi connectivity index (χ1n) is 10.3. The van der Waals surface area contributed by atoms with E-state index in [0.717, 1.165) is 5.56 Å². The Labute approximate surface area is 191 Å². The molecule has 3 unspecified atom stereocenters. The topological polar surface area (TPSA) is 171 Å². The molecule has 0 heterocycles. The zero-order chi connectivity index (χ0) is 24.4. The second-order valence-corrected chi connectivity index (χ2v) is 7.57. The maximum absolute atomic E-state index is 12.7. The van der Waals surface area contributed by atoms with Crippen molar-refractivity contribution in [3.05, 3.63) is 65.7 Å². The van der Waals surface area contributed by atoms with Crippen LogP contribution in [0.2, 0.25) is 0 Å². The van der Waals surface area contributed by atoms with Crippen LogP contribution in [0.4, 0.5) is 0 Å². The van der Waals surface area contributed by atoms with E-state index < -0.39 is 48.4 Å². The molecule has 10 heteroatoms. The molecule has 0 saturated heterocycles. The van der Waals surface area contributed by atoms with Gasteiger partial charge in [0.1, 0.15) is 24.4 Å². The summed E-state index contributed by atoms with van der Waals surface area (Å²) < 4.78 is 0. The Morgan fingerprint density at radius 1 is 0.848 bits per heavy atom. The number of benzene rings is 2. The molecule has 33 heavy (non-hydrogen) atoms. The van der Waals surface area contributed by atoms with Gasteiger partial charge < -0.3 is 31.9 Å². The summed E-state index contributed by atoms with van der Waals surface area (Å²) in [5, 5.41) is 25.5. The van der Waals surface area contributed by atoms with Crippen molar-refractivity contribution >= 4 is 23.7 Å². The standard InChI is InChI=1S/C23H28N4O6/c1-14(26-22(32)18(24)11-15-5-3-2-4-6-15)21(31)27-19(23(33)25-13-20(29)30)12-16-7-9-17(28)10-8-16/h2-10,14,18-19,28H,11-13,24H2,1H3,(H,25,33)(H,26,32)(H,27,31)(H,29,30). The van der Waals surface area contributed by atoms with Crippen LogP contribution in [0.15, 0.2) is 54.6 Å². The lowest BCUT2D eigenvalue weighted by atomic mass is 10.0. The van der Waals surface area contributed by atoms with Crippen molar-refractivity contribution in [3.8, 4) is 5.75 Å². The van der Waals surface area contributed by atoms with Gasteiger partial charge in [-0.2, -0.15) is 0 Å². The van der Waals surface area contributed by atoms with Crippen molar-refractivity contribution in [1.29, 1.82) is 0 Å². The van der Waals surface area contributed by atoms with E-state index >= 15 is 0 Å². The summed E-state index contributed by atoms with van der Waals surface area (Å²) in [6.45, 7) is 0.844. The zero-order valence-electron chi connectivity index (χ0n) is 18.2. The summed E-state index contributed by atoms with van der Waals surface area (Å²) in [6.07, 6.45) is 0.341. The number of carbonyl (C=O) groups excluding carboxylic acids is 3. The first kappa shape index (κ1) is 25.3. The predicted molar refractivity (Wildman–Crippen MR) is 120 cm³/mol. The summed E-state index contributed by atoms with van der Waals surface area (Å²) in [5.74, 6) is -3.04. The third-order valence-corrected chi connectivity index (χ3v) is 4.81. The molecule has 0 aliphatic carbocycles. The first-order valence-corrected chi connectivity index (χ1v) is 10.3. The number of nitrogens with two attached hydrogens (primary N) is 1. The summed E-state index contributed by atoms with van der Waals surface area (Å²) in [5.41, 5.74) is 7.45. The number of carbonyl (C=O) groups is 4. The second-order valence-electron chi connectivity index (χ2n) is 7.57. The molecule has 0 saturated carbocycles. The van der Waals surface area contributed by atoms with Gasteiger partial charge in [-0.25, -0.2) is 0 Å². The lowest BCUT2D eigenvalue weighted by Gasteiger charge is -2.22. The molecule has 0 spiro atoms. The van der Waals surface area contributed by atoms with Crippen LogP contribution >= 0.6 is 0 Å². The number of nitrogens with one attached hydrogen (secondary N) is 3. The first-order chi connectivity index (χ1) is 15.7. The van der Waals surface area contributed by atoms with Crippen LogP contribution in [0.3, 0.4) is 0 Å². The van der Waals surface area contributed by atoms with Gasteiger partial charge in [-0.3, -0.25) is 19.2 Å². The van der Waals surface area contributed by atoms with E-state index in [-0.39, 0.29) is 12.2 Å². The molecule has 0 aromatic heterocycles. The van der Waals surface area contributed by atoms with Crippen molar-refractivity contribution in [2.75, 3.05) is 6.54 Å². The molecule has 0 fully saturated rings. The largest absolute Gasteiger partial charge is 0.508 e. The summed E-state index contributed by atoms with van der Waals surface area (Å²) in [6, 6.07) is 12.3. The molecular weight excluding hydrogens is 428 g/mol. The lowest BCUT2D eigenvalue weighted by molar-refractivity contribution is -0.138. The average Bonchev–Trinajstić information content (AvgIpc) is 2.78. The van der Waals surface area contributed by atoms with Crippen LogP contribution < -0.4 is 21.7 Å². The number of hydrogen-bond donors (Lipinski definition) is 6. The number of carboxylic acids is 1. The van der Waals surface area contributed by atoms with Crippen molar-refractivity contribution in [2.45, 2.75) is 37.9 Å². The Morgan fingerprint density at radius 3 is 2.06 bits per heavy atom. The molecule has 3 amide bonds. The van der Waals surface area contributed by atoms with Gasteiger partial charge in [-0.1, -0.05) is 42.5 Å². The monoisotopic (exact) mass is 456 g/mol. The smallest absolute Gasteiger partial charge is 0.322 e. The Bertz CT molecular complexity index is 965. The lowest BCUT2D eigenvalue weighted by Crippen LogP contribution is -2.55. The molecule has 0 bridgehead atoms. The Hall–Kier alpha value is -3.92. The van der Waals surface area contributed by atoms with Gasteiger partial charge in [-0.15, -0.1) is 0 Å². The van der Waals surface area contributed by atoms with Gasteiger partial charge in [0.25, 0.3) is 0 Å². The van der Waals surface area contributed by atoms with Crippen molar-refractivity contribution in [2.24, 2.45) is 5.73 Å². The maximum atomic E-state index is 12.7. The number of phenols is 1. The fourth-order valence-electron chi connectivity index (χ4n) is 3.01. The Morgan fingerprint density at radius 2 is 1.45 bits per heavy atom. The minimum absolute atomic E-state index is 0.0397. The van der Waals surface area contributed by atoms with E-state index in [1.165, 1.54) is 19.1 Å². The predicted octanol–water partition coefficient (Wildman–Crippen LogP) is -0.305. The minimum atomic E-state index is -1.23. The minimum Gasteiger partial charge on any atom is -0.508 e. The highest BCUT2D eigenvalue weighted by Gasteiger charge is 2.26. The molecule has 2 aromatic rings. The molecule has 10 nitrogen and oxygen atoms in total. The summed E-state index contributed by atoms with van der Waals surface area (Å²) in [4.78, 5) is 48.3. The van der Waals surface area contributed by atoms with Gasteiger partial charge in [0.2, 0.25) is 17.7 Å². The van der Waals surface area contributed by atoms with Crippen LogP contribution in [0.1, 0.15) is 18.1 Å². The third-order valence-electron chi connectivity index (χ3n) is 4.81. The Kier molecular flexibility index (Phi) is 9.37. The molecule has 7 N–H and O–H groups in total. The molecule has 0 radical (unpaired) electrons. The van der Waals surface area contributed by atoms with Gasteiger partial charge in [0.05, 0.1) is 6.04 Å². The zero-order valence-corrected chi connectivity index (χ0v) is 18.2. The van der Waals surface area contributed by atoms with Gasteiger partial charge >= 0.3 is 5.97 Å². The van der Waals surface area contributed by atoms with Crippen molar-refractivity contribution in [3.63, 3.8) is 0 Å². The molecule has 2 aromatic carbocycles. The molecule has 2 rings (SSSR count). The van der Waals surface area contributed by atoms with Crippen LogP contribution in [-0.2, 0) is 32.0 Å². The van der Waals surface area contributed by atoms with Crippen LogP contribution in [0.25, 0.3) is 0 Å². The number of phenolic OH excluding ortho intramolecular Hbond substituents is 1. The fourth-order valence-corrected chi connectivity index (χ4v) is 3.01. The van der Waals surface area contributed by atoms with E-state index in [1.807, 2.05) is 30.3 Å². The second kappa shape index (κ2) is 12.2. The van der Waals surface area contributed by atoms with Gasteiger partial charge in [0, 0.05) is 6.42 Å². The number of aliphatic carboxylic acids is 1. The highest BCUT2D eigenvalue weighted by atomic mass is 16.4. The molecule has 176 valence electrons. The van der Waals surface area contributed by atoms with E-state index in [1.54, 1.807) is 12.1 Å². The summed E-state index contributed by atoms with van der Waals surface area (Å²) >= 11 is 0. The number of carboxylic acid groups (broad SMARTS) is 1. The number of rotatable bonds is 11. The SMILES string of the molecule is CC(NC(=O)C(N)Cc1ccccc1)C(=O)NC(Cc1ccc(O)cc1)C(=O)NCC(=O)O.